The van der Waals surface area contributed by atoms with Crippen molar-refractivity contribution >= 4 is 43.6 Å². The van der Waals surface area contributed by atoms with E-state index in [0.29, 0.717) is 6.42 Å². The maximum atomic E-state index is 10.1. The molecule has 3 nitrogen and oxygen atoms in total. The number of aliphatic hydroxyl groups excluding tert-OH is 1. The lowest BCUT2D eigenvalue weighted by molar-refractivity contribution is 0.180. The first-order chi connectivity index (χ1) is 8.24. The molecule has 0 saturated heterocycles. The second-order valence-corrected chi connectivity index (χ2v) is 6.35. The fraction of sp³-hybridized carbons (Fsp3) is 0.182. The molecule has 0 fully saturated rings. The van der Waals surface area contributed by atoms with Gasteiger partial charge in [0.2, 0.25) is 0 Å². The summed E-state index contributed by atoms with van der Waals surface area (Å²) in [5.41, 5.74) is 0.921. The van der Waals surface area contributed by atoms with Gasteiger partial charge in [-0.2, -0.15) is 0 Å². The molecular weight excluding hydrogens is 320 g/mol. The van der Waals surface area contributed by atoms with Gasteiger partial charge in [-0.1, -0.05) is 0 Å². The number of fused-ring (bicyclic) bond motifs is 1. The fourth-order valence-electron chi connectivity index (χ4n) is 1.71. The molecule has 88 valence electrons. The molecule has 3 aromatic heterocycles. The number of thiazole rings is 1. The van der Waals surface area contributed by atoms with E-state index in [1.54, 1.807) is 22.7 Å². The van der Waals surface area contributed by atoms with Gasteiger partial charge in [-0.3, -0.25) is 4.40 Å². The molecule has 1 N–H and O–H groups in total. The second-order valence-electron chi connectivity index (χ2n) is 3.68. The molecule has 0 spiro atoms. The summed E-state index contributed by atoms with van der Waals surface area (Å²) in [5.74, 6) is 0. The number of aliphatic hydroxyl groups is 1. The number of rotatable bonds is 3. The summed E-state index contributed by atoms with van der Waals surface area (Å²) in [7, 11) is 0. The van der Waals surface area contributed by atoms with Crippen molar-refractivity contribution in [2.45, 2.75) is 12.5 Å². The summed E-state index contributed by atoms with van der Waals surface area (Å²) >= 11 is 6.59. The Morgan fingerprint density at radius 2 is 2.29 bits per heavy atom. The van der Waals surface area contributed by atoms with Crippen LogP contribution in [-0.4, -0.2) is 14.5 Å². The fourth-order valence-corrected chi connectivity index (χ4v) is 4.05. The molecule has 3 heterocycles. The highest BCUT2D eigenvalue weighted by molar-refractivity contribution is 9.10. The van der Waals surface area contributed by atoms with Crippen LogP contribution in [0.4, 0.5) is 0 Å². The lowest BCUT2D eigenvalue weighted by atomic mass is 10.2. The zero-order chi connectivity index (χ0) is 11.8. The summed E-state index contributed by atoms with van der Waals surface area (Å²) < 4.78 is 2.95. The van der Waals surface area contributed by atoms with Gasteiger partial charge >= 0.3 is 0 Å². The average Bonchev–Trinajstić information content (AvgIpc) is 2.92. The minimum atomic E-state index is -0.492. The number of imidazole rings is 1. The molecule has 17 heavy (non-hydrogen) atoms. The molecule has 0 saturated carbocycles. The molecule has 0 amide bonds. The lowest BCUT2D eigenvalue weighted by Gasteiger charge is -2.06. The largest absolute Gasteiger partial charge is 0.387 e. The standard InChI is InChI=1S/C11H9BrN2OS2/c12-8-1-3-16-10(8)9(15)5-7-6-14-2-4-17-11(14)13-7/h1-4,6,9,15H,5H2. The smallest absolute Gasteiger partial charge is 0.193 e. The molecule has 0 aromatic carbocycles. The van der Waals surface area contributed by atoms with Gasteiger partial charge in [-0.05, 0) is 27.4 Å². The van der Waals surface area contributed by atoms with E-state index >= 15 is 0 Å². The Morgan fingerprint density at radius 1 is 1.41 bits per heavy atom. The van der Waals surface area contributed by atoms with Crippen molar-refractivity contribution < 1.29 is 5.11 Å². The Labute approximate surface area is 114 Å². The monoisotopic (exact) mass is 328 g/mol. The van der Waals surface area contributed by atoms with Gasteiger partial charge in [-0.25, -0.2) is 4.98 Å². The SMILES string of the molecule is OC(Cc1cn2ccsc2n1)c1sccc1Br. The Balaban J connectivity index is 1.83. The molecule has 0 radical (unpaired) electrons. The molecule has 3 rings (SSSR count). The third-order valence-electron chi connectivity index (χ3n) is 2.49. The zero-order valence-corrected chi connectivity index (χ0v) is 11.9. The first-order valence-corrected chi connectivity index (χ1v) is 7.61. The van der Waals surface area contributed by atoms with E-state index in [1.165, 1.54) is 0 Å². The highest BCUT2D eigenvalue weighted by Crippen LogP contribution is 2.30. The Hall–Kier alpha value is -0.690. The summed E-state index contributed by atoms with van der Waals surface area (Å²) in [6.45, 7) is 0. The number of nitrogens with zero attached hydrogens (tertiary/aromatic N) is 2. The van der Waals surface area contributed by atoms with E-state index in [2.05, 4.69) is 20.9 Å². The molecule has 0 bridgehead atoms. The third kappa shape index (κ3) is 2.18. The van der Waals surface area contributed by atoms with E-state index in [1.807, 2.05) is 33.6 Å². The summed E-state index contributed by atoms with van der Waals surface area (Å²) in [6, 6.07) is 1.95. The van der Waals surface area contributed by atoms with Gasteiger partial charge in [0.05, 0.1) is 11.8 Å². The second kappa shape index (κ2) is 4.53. The Kier molecular flexibility index (Phi) is 3.04. The number of halogens is 1. The van der Waals surface area contributed by atoms with Crippen LogP contribution in [0, 0.1) is 0 Å². The number of aromatic nitrogens is 2. The molecule has 3 aromatic rings. The van der Waals surface area contributed by atoms with Gasteiger partial charge in [0.25, 0.3) is 0 Å². The van der Waals surface area contributed by atoms with Crippen molar-refractivity contribution in [2.24, 2.45) is 0 Å². The molecule has 1 unspecified atom stereocenters. The maximum absolute atomic E-state index is 10.1. The summed E-state index contributed by atoms with van der Waals surface area (Å²) in [5, 5.41) is 14.1. The van der Waals surface area contributed by atoms with E-state index < -0.39 is 6.10 Å². The van der Waals surface area contributed by atoms with Crippen molar-refractivity contribution in [3.63, 3.8) is 0 Å². The first kappa shape index (κ1) is 11.4. The van der Waals surface area contributed by atoms with Crippen LogP contribution in [0.2, 0.25) is 0 Å². The molecule has 0 aliphatic carbocycles. The van der Waals surface area contributed by atoms with Crippen LogP contribution >= 0.6 is 38.6 Å². The van der Waals surface area contributed by atoms with Crippen molar-refractivity contribution in [2.75, 3.05) is 0 Å². The first-order valence-electron chi connectivity index (χ1n) is 5.06. The Morgan fingerprint density at radius 3 is 3.00 bits per heavy atom. The molecule has 1 atom stereocenters. The topological polar surface area (TPSA) is 37.5 Å². The van der Waals surface area contributed by atoms with Gasteiger partial charge < -0.3 is 5.11 Å². The Bertz CT molecular complexity index is 614. The predicted octanol–water partition coefficient (Wildman–Crippen LogP) is 3.50. The highest BCUT2D eigenvalue weighted by atomic mass is 79.9. The molecule has 6 heteroatoms. The summed E-state index contributed by atoms with van der Waals surface area (Å²) in [4.78, 5) is 6.39. The lowest BCUT2D eigenvalue weighted by Crippen LogP contribution is -2.00. The van der Waals surface area contributed by atoms with Crippen LogP contribution in [0.5, 0.6) is 0 Å². The van der Waals surface area contributed by atoms with Gasteiger partial charge in [0.15, 0.2) is 4.96 Å². The van der Waals surface area contributed by atoms with E-state index in [0.717, 1.165) is 20.0 Å². The minimum Gasteiger partial charge on any atom is -0.387 e. The van der Waals surface area contributed by atoms with Crippen molar-refractivity contribution in [3.8, 4) is 0 Å². The molecule has 0 aliphatic rings. The van der Waals surface area contributed by atoms with Crippen LogP contribution in [0.3, 0.4) is 0 Å². The van der Waals surface area contributed by atoms with Gasteiger partial charge in [0, 0.05) is 33.5 Å². The van der Waals surface area contributed by atoms with Crippen LogP contribution in [-0.2, 0) is 6.42 Å². The number of hydrogen-bond acceptors (Lipinski definition) is 4. The van der Waals surface area contributed by atoms with Crippen molar-refractivity contribution in [1.82, 2.24) is 9.38 Å². The van der Waals surface area contributed by atoms with E-state index in [9.17, 15) is 5.11 Å². The normalized spacial score (nSPS) is 13.3. The average molecular weight is 329 g/mol. The van der Waals surface area contributed by atoms with Crippen LogP contribution < -0.4 is 0 Å². The maximum Gasteiger partial charge on any atom is 0.193 e. The summed E-state index contributed by atoms with van der Waals surface area (Å²) in [6.07, 6.45) is 4.00. The predicted molar refractivity (Wildman–Crippen MR) is 73.8 cm³/mol. The van der Waals surface area contributed by atoms with Crippen LogP contribution in [0.15, 0.2) is 33.7 Å². The van der Waals surface area contributed by atoms with Crippen molar-refractivity contribution in [3.05, 3.63) is 44.3 Å². The number of hydrogen-bond donors (Lipinski definition) is 1. The zero-order valence-electron chi connectivity index (χ0n) is 8.71. The van der Waals surface area contributed by atoms with Crippen molar-refractivity contribution in [1.29, 1.82) is 0 Å². The molecule has 0 aliphatic heterocycles. The van der Waals surface area contributed by atoms with Gasteiger partial charge in [0.1, 0.15) is 0 Å². The van der Waals surface area contributed by atoms with Gasteiger partial charge in [-0.15, -0.1) is 22.7 Å². The molecular formula is C11H9BrN2OS2. The highest BCUT2D eigenvalue weighted by Gasteiger charge is 2.15. The minimum absolute atomic E-state index is 0.492. The van der Waals surface area contributed by atoms with Crippen LogP contribution in [0.25, 0.3) is 4.96 Å². The number of thiophene rings is 1. The van der Waals surface area contributed by atoms with E-state index in [-0.39, 0.29) is 0 Å². The quantitative estimate of drug-likeness (QED) is 0.799. The third-order valence-corrected chi connectivity index (χ3v) is 5.24. The van der Waals surface area contributed by atoms with E-state index in [4.69, 9.17) is 0 Å². The van der Waals surface area contributed by atoms with Crippen LogP contribution in [0.1, 0.15) is 16.7 Å².